The number of rotatable bonds is 2. The van der Waals surface area contributed by atoms with Gasteiger partial charge in [-0.2, -0.15) is 0 Å². The van der Waals surface area contributed by atoms with Gasteiger partial charge in [0.25, 0.3) is 0 Å². The molecule has 62 valence electrons. The molecule has 2 atom stereocenters. The molecule has 0 amide bonds. The van der Waals surface area contributed by atoms with Crippen LogP contribution in [0.15, 0.2) is 4.99 Å². The van der Waals surface area contributed by atoms with Crippen LogP contribution in [0.5, 0.6) is 0 Å². The second-order valence-corrected chi connectivity index (χ2v) is 3.90. The largest absolute Gasteiger partial charge is 0.298 e. The van der Waals surface area contributed by atoms with E-state index in [0.717, 1.165) is 18.6 Å². The lowest BCUT2D eigenvalue weighted by atomic mass is 10.1. The van der Waals surface area contributed by atoms with E-state index < -0.39 is 0 Å². The molecular formula is C8H12BrNO. The van der Waals surface area contributed by atoms with Crippen molar-refractivity contribution in [1.82, 2.24) is 0 Å². The zero-order valence-electron chi connectivity index (χ0n) is 6.80. The molecule has 1 heterocycles. The van der Waals surface area contributed by atoms with Crippen molar-refractivity contribution in [2.75, 3.05) is 0 Å². The quantitative estimate of drug-likeness (QED) is 0.651. The first-order valence-corrected chi connectivity index (χ1v) is 4.74. The van der Waals surface area contributed by atoms with Gasteiger partial charge in [0.05, 0.1) is 0 Å². The van der Waals surface area contributed by atoms with Gasteiger partial charge in [-0.25, -0.2) is 0 Å². The Morgan fingerprint density at radius 3 is 2.82 bits per heavy atom. The number of halogens is 1. The topological polar surface area (TPSA) is 29.4 Å². The van der Waals surface area contributed by atoms with Gasteiger partial charge in [-0.1, -0.05) is 15.9 Å². The number of aliphatic imine (C=N–C) groups is 1. The molecule has 0 radical (unpaired) electrons. The summed E-state index contributed by atoms with van der Waals surface area (Å²) in [4.78, 5) is 15.1. The van der Waals surface area contributed by atoms with Crippen LogP contribution in [-0.2, 0) is 4.79 Å². The molecule has 0 aromatic rings. The summed E-state index contributed by atoms with van der Waals surface area (Å²) in [5.41, 5.74) is 1.02. The van der Waals surface area contributed by atoms with Crippen LogP contribution in [-0.4, -0.2) is 22.4 Å². The molecule has 2 unspecified atom stereocenters. The molecule has 0 N–H and O–H groups in total. The minimum atomic E-state index is -0.132. The lowest BCUT2D eigenvalue weighted by Crippen LogP contribution is -2.19. The van der Waals surface area contributed by atoms with Crippen molar-refractivity contribution in [2.24, 2.45) is 4.99 Å². The molecule has 0 aromatic heterocycles. The van der Waals surface area contributed by atoms with Crippen LogP contribution in [0.4, 0.5) is 0 Å². The Labute approximate surface area is 75.2 Å². The van der Waals surface area contributed by atoms with Crippen molar-refractivity contribution in [3.8, 4) is 0 Å². The summed E-state index contributed by atoms with van der Waals surface area (Å²) in [7, 11) is 0. The molecule has 3 heteroatoms. The predicted octanol–water partition coefficient (Wildman–Crippen LogP) is 1.96. The zero-order valence-corrected chi connectivity index (χ0v) is 8.39. The van der Waals surface area contributed by atoms with Crippen LogP contribution < -0.4 is 0 Å². The van der Waals surface area contributed by atoms with Crippen molar-refractivity contribution in [1.29, 1.82) is 0 Å². The lowest BCUT2D eigenvalue weighted by Gasteiger charge is -2.03. The Kier molecular flexibility index (Phi) is 2.82. The second kappa shape index (κ2) is 3.48. The van der Waals surface area contributed by atoms with Gasteiger partial charge < -0.3 is 0 Å². The highest BCUT2D eigenvalue weighted by atomic mass is 79.9. The van der Waals surface area contributed by atoms with Crippen LogP contribution in [0.1, 0.15) is 26.7 Å². The average molecular weight is 218 g/mol. The van der Waals surface area contributed by atoms with Gasteiger partial charge in [-0.3, -0.25) is 9.79 Å². The van der Waals surface area contributed by atoms with Gasteiger partial charge in [0.1, 0.15) is 10.6 Å². The highest BCUT2D eigenvalue weighted by molar-refractivity contribution is 9.10. The minimum Gasteiger partial charge on any atom is -0.298 e. The summed E-state index contributed by atoms with van der Waals surface area (Å²) in [5, 5.41) is 0. The van der Waals surface area contributed by atoms with E-state index in [4.69, 9.17) is 0 Å². The third-order valence-corrected chi connectivity index (χ3v) is 3.03. The van der Waals surface area contributed by atoms with Gasteiger partial charge in [0.2, 0.25) is 0 Å². The molecule has 0 saturated heterocycles. The third kappa shape index (κ3) is 2.12. The minimum absolute atomic E-state index is 0.132. The highest BCUT2D eigenvalue weighted by Crippen LogP contribution is 2.18. The number of hydrogen-bond donors (Lipinski definition) is 0. The van der Waals surface area contributed by atoms with Gasteiger partial charge in [0, 0.05) is 11.8 Å². The fourth-order valence-corrected chi connectivity index (χ4v) is 1.54. The SMILES string of the molecule is CC(=O)C(Br)C1=NC(C)CC1. The molecule has 0 aromatic carbocycles. The van der Waals surface area contributed by atoms with Crippen molar-refractivity contribution in [2.45, 2.75) is 37.6 Å². The molecule has 1 rings (SSSR count). The fourth-order valence-electron chi connectivity index (χ4n) is 1.20. The molecule has 0 bridgehead atoms. The summed E-state index contributed by atoms with van der Waals surface area (Å²) >= 11 is 3.32. The Hall–Kier alpha value is -0.180. The van der Waals surface area contributed by atoms with Crippen LogP contribution >= 0.6 is 15.9 Å². The zero-order chi connectivity index (χ0) is 8.43. The Morgan fingerprint density at radius 2 is 2.45 bits per heavy atom. The molecule has 0 spiro atoms. The van der Waals surface area contributed by atoms with E-state index in [9.17, 15) is 4.79 Å². The van der Waals surface area contributed by atoms with Gasteiger partial charge in [-0.05, 0) is 26.7 Å². The maximum Gasteiger partial charge on any atom is 0.149 e. The second-order valence-electron chi connectivity index (χ2n) is 2.98. The van der Waals surface area contributed by atoms with E-state index in [2.05, 4.69) is 27.8 Å². The standard InChI is InChI=1S/C8H12BrNO/c1-5-3-4-7(10-5)8(9)6(2)11/h5,8H,3-4H2,1-2H3. The van der Waals surface area contributed by atoms with Crippen LogP contribution in [0.25, 0.3) is 0 Å². The number of Topliss-reactive ketones (excluding diaryl/α,β-unsaturated/α-hetero) is 1. The van der Waals surface area contributed by atoms with E-state index in [0.29, 0.717) is 6.04 Å². The van der Waals surface area contributed by atoms with E-state index >= 15 is 0 Å². The Morgan fingerprint density at radius 1 is 1.82 bits per heavy atom. The van der Waals surface area contributed by atoms with Crippen LogP contribution in [0, 0.1) is 0 Å². The first kappa shape index (κ1) is 8.91. The maximum atomic E-state index is 10.9. The van der Waals surface area contributed by atoms with E-state index in [-0.39, 0.29) is 10.6 Å². The molecule has 1 aliphatic rings. The van der Waals surface area contributed by atoms with Crippen LogP contribution in [0.2, 0.25) is 0 Å². The summed E-state index contributed by atoms with van der Waals surface area (Å²) in [6, 6.07) is 0.407. The van der Waals surface area contributed by atoms with Gasteiger partial charge >= 0.3 is 0 Å². The van der Waals surface area contributed by atoms with E-state index in [1.165, 1.54) is 0 Å². The fraction of sp³-hybridized carbons (Fsp3) is 0.750. The Bertz CT molecular complexity index is 200. The number of carbonyl (C=O) groups is 1. The lowest BCUT2D eigenvalue weighted by molar-refractivity contribution is -0.115. The summed E-state index contributed by atoms with van der Waals surface area (Å²) in [5.74, 6) is 0.151. The predicted molar refractivity (Wildman–Crippen MR) is 49.5 cm³/mol. The van der Waals surface area contributed by atoms with Gasteiger partial charge in [0.15, 0.2) is 0 Å². The Balaban J connectivity index is 2.61. The molecular weight excluding hydrogens is 206 g/mol. The number of alkyl halides is 1. The average Bonchev–Trinajstić information content (AvgIpc) is 2.34. The molecule has 0 aliphatic carbocycles. The molecule has 0 saturated carbocycles. The van der Waals surface area contributed by atoms with Crippen molar-refractivity contribution in [3.63, 3.8) is 0 Å². The monoisotopic (exact) mass is 217 g/mol. The highest BCUT2D eigenvalue weighted by Gasteiger charge is 2.22. The smallest absolute Gasteiger partial charge is 0.149 e. The number of ketones is 1. The number of carbonyl (C=O) groups excluding carboxylic acids is 1. The molecule has 11 heavy (non-hydrogen) atoms. The summed E-state index contributed by atoms with van der Waals surface area (Å²) in [6.07, 6.45) is 2.06. The molecule has 1 aliphatic heterocycles. The summed E-state index contributed by atoms with van der Waals surface area (Å²) < 4.78 is 0. The van der Waals surface area contributed by atoms with Crippen molar-refractivity contribution >= 4 is 27.4 Å². The van der Waals surface area contributed by atoms with E-state index in [1.807, 2.05) is 0 Å². The maximum absolute atomic E-state index is 10.9. The normalized spacial score (nSPS) is 26.5. The third-order valence-electron chi connectivity index (χ3n) is 1.85. The first-order valence-electron chi connectivity index (χ1n) is 3.82. The van der Waals surface area contributed by atoms with Crippen molar-refractivity contribution in [3.05, 3.63) is 0 Å². The molecule has 0 fully saturated rings. The molecule has 2 nitrogen and oxygen atoms in total. The number of nitrogens with zero attached hydrogens (tertiary/aromatic N) is 1. The van der Waals surface area contributed by atoms with E-state index in [1.54, 1.807) is 6.92 Å². The number of hydrogen-bond acceptors (Lipinski definition) is 2. The van der Waals surface area contributed by atoms with Gasteiger partial charge in [-0.15, -0.1) is 0 Å². The summed E-state index contributed by atoms with van der Waals surface area (Å²) in [6.45, 7) is 3.66. The van der Waals surface area contributed by atoms with Crippen LogP contribution in [0.3, 0.4) is 0 Å². The first-order chi connectivity index (χ1) is 5.11. The van der Waals surface area contributed by atoms with Crippen molar-refractivity contribution < 1.29 is 4.79 Å².